The minimum absolute atomic E-state index is 0.147. The van der Waals surface area contributed by atoms with Gasteiger partial charge in [0.05, 0.1) is 30.3 Å². The zero-order valence-corrected chi connectivity index (χ0v) is 14.4. The molecule has 0 saturated carbocycles. The molecular formula is C18H20ClNO3. The highest BCUT2D eigenvalue weighted by Crippen LogP contribution is 2.37. The van der Waals surface area contributed by atoms with Crippen LogP contribution in [0, 0.1) is 0 Å². The van der Waals surface area contributed by atoms with Gasteiger partial charge in [0.2, 0.25) is 5.91 Å². The van der Waals surface area contributed by atoms with E-state index in [1.165, 1.54) is 14.2 Å². The van der Waals surface area contributed by atoms with Crippen molar-refractivity contribution < 1.29 is 14.3 Å². The maximum absolute atomic E-state index is 12.7. The van der Waals surface area contributed by atoms with Crippen molar-refractivity contribution in [1.29, 1.82) is 0 Å². The van der Waals surface area contributed by atoms with Crippen molar-refractivity contribution >= 4 is 23.2 Å². The Kier molecular flexibility index (Phi) is 5.16. The molecule has 2 rings (SSSR count). The minimum atomic E-state index is -0.695. The van der Waals surface area contributed by atoms with Crippen LogP contribution >= 0.6 is 11.6 Å². The molecule has 2 aromatic carbocycles. The van der Waals surface area contributed by atoms with Crippen LogP contribution in [0.5, 0.6) is 11.5 Å². The fourth-order valence-electron chi connectivity index (χ4n) is 2.22. The summed E-state index contributed by atoms with van der Waals surface area (Å²) in [4.78, 5) is 12.7. The monoisotopic (exact) mass is 333 g/mol. The average molecular weight is 334 g/mol. The van der Waals surface area contributed by atoms with Gasteiger partial charge in [-0.25, -0.2) is 0 Å². The second kappa shape index (κ2) is 6.92. The molecule has 0 bridgehead atoms. The maximum atomic E-state index is 12.7. The Morgan fingerprint density at radius 1 is 1.04 bits per heavy atom. The largest absolute Gasteiger partial charge is 0.495 e. The van der Waals surface area contributed by atoms with E-state index in [1.54, 1.807) is 12.1 Å². The lowest BCUT2D eigenvalue weighted by Crippen LogP contribution is -2.34. The van der Waals surface area contributed by atoms with Crippen LogP contribution < -0.4 is 14.8 Å². The van der Waals surface area contributed by atoms with Gasteiger partial charge < -0.3 is 14.8 Å². The van der Waals surface area contributed by atoms with Gasteiger partial charge in [-0.3, -0.25) is 4.79 Å². The third-order valence-corrected chi connectivity index (χ3v) is 4.08. The van der Waals surface area contributed by atoms with Crippen LogP contribution in [0.4, 0.5) is 5.69 Å². The molecule has 0 heterocycles. The Bertz CT molecular complexity index is 699. The quantitative estimate of drug-likeness (QED) is 0.888. The maximum Gasteiger partial charge on any atom is 0.234 e. The van der Waals surface area contributed by atoms with Crippen molar-refractivity contribution in [2.45, 2.75) is 19.3 Å². The van der Waals surface area contributed by atoms with Gasteiger partial charge in [0.25, 0.3) is 0 Å². The molecule has 0 fully saturated rings. The van der Waals surface area contributed by atoms with E-state index < -0.39 is 5.41 Å². The predicted octanol–water partition coefficient (Wildman–Crippen LogP) is 4.27. The second-order valence-corrected chi connectivity index (χ2v) is 6.04. The van der Waals surface area contributed by atoms with Crippen LogP contribution in [0.3, 0.4) is 0 Å². The van der Waals surface area contributed by atoms with Crippen molar-refractivity contribution in [1.82, 2.24) is 0 Å². The normalized spacial score (nSPS) is 11.0. The van der Waals surface area contributed by atoms with E-state index in [9.17, 15) is 4.79 Å². The van der Waals surface area contributed by atoms with Gasteiger partial charge >= 0.3 is 0 Å². The van der Waals surface area contributed by atoms with Crippen molar-refractivity contribution in [2.75, 3.05) is 19.5 Å². The third kappa shape index (κ3) is 3.59. The molecule has 4 nitrogen and oxygen atoms in total. The molecule has 0 aromatic heterocycles. The number of hydrogen-bond donors (Lipinski definition) is 1. The Balaban J connectivity index is 2.33. The molecule has 0 atom stereocenters. The number of amides is 1. The molecular weight excluding hydrogens is 314 g/mol. The van der Waals surface area contributed by atoms with Crippen molar-refractivity contribution in [3.63, 3.8) is 0 Å². The van der Waals surface area contributed by atoms with E-state index in [4.69, 9.17) is 21.1 Å². The van der Waals surface area contributed by atoms with Crippen molar-refractivity contribution in [3.8, 4) is 11.5 Å². The van der Waals surface area contributed by atoms with Crippen LogP contribution in [0.2, 0.25) is 5.02 Å². The number of rotatable bonds is 5. The van der Waals surface area contributed by atoms with E-state index in [0.717, 1.165) is 5.56 Å². The van der Waals surface area contributed by atoms with Gasteiger partial charge in [0, 0.05) is 12.1 Å². The molecule has 1 N–H and O–H groups in total. The molecule has 0 saturated heterocycles. The topological polar surface area (TPSA) is 47.6 Å². The van der Waals surface area contributed by atoms with Gasteiger partial charge in [-0.1, -0.05) is 41.9 Å². The SMILES string of the molecule is COc1cc(NC(=O)C(C)(C)c2ccccc2)c(OC)cc1Cl. The standard InChI is InChI=1S/C18H20ClNO3/c1-18(2,12-8-6-5-7-9-12)17(21)20-14-11-15(22-3)13(19)10-16(14)23-4/h5-11H,1-4H3,(H,20,21). The number of ether oxygens (including phenoxy) is 2. The van der Waals surface area contributed by atoms with E-state index in [-0.39, 0.29) is 5.91 Å². The number of hydrogen-bond acceptors (Lipinski definition) is 3. The van der Waals surface area contributed by atoms with Crippen molar-refractivity contribution in [3.05, 3.63) is 53.1 Å². The molecule has 0 aliphatic rings. The Labute approximate surface area is 141 Å². The molecule has 23 heavy (non-hydrogen) atoms. The summed E-state index contributed by atoms with van der Waals surface area (Å²) in [6.45, 7) is 3.74. The highest BCUT2D eigenvalue weighted by Gasteiger charge is 2.30. The number of benzene rings is 2. The molecule has 1 amide bonds. The predicted molar refractivity (Wildman–Crippen MR) is 92.7 cm³/mol. The highest BCUT2D eigenvalue weighted by molar-refractivity contribution is 6.32. The van der Waals surface area contributed by atoms with E-state index in [1.807, 2.05) is 44.2 Å². The second-order valence-electron chi connectivity index (χ2n) is 5.63. The summed E-state index contributed by atoms with van der Waals surface area (Å²) >= 11 is 6.08. The van der Waals surface area contributed by atoms with Crippen molar-refractivity contribution in [2.24, 2.45) is 0 Å². The van der Waals surface area contributed by atoms with Crippen LogP contribution in [0.15, 0.2) is 42.5 Å². The first-order chi connectivity index (χ1) is 10.9. The molecule has 0 unspecified atom stereocenters. The molecule has 2 aromatic rings. The number of methoxy groups -OCH3 is 2. The molecule has 122 valence electrons. The van der Waals surface area contributed by atoms with Gasteiger partial charge in [-0.05, 0) is 19.4 Å². The molecule has 0 radical (unpaired) electrons. The fraction of sp³-hybridized carbons (Fsp3) is 0.278. The van der Waals surface area contributed by atoms with Gasteiger partial charge in [-0.2, -0.15) is 0 Å². The summed E-state index contributed by atoms with van der Waals surface area (Å²) in [5, 5.41) is 3.32. The van der Waals surface area contributed by atoms with Crippen LogP contribution in [-0.4, -0.2) is 20.1 Å². The highest BCUT2D eigenvalue weighted by atomic mass is 35.5. The van der Waals surface area contributed by atoms with Gasteiger partial charge in [0.15, 0.2) is 0 Å². The number of anilines is 1. The summed E-state index contributed by atoms with van der Waals surface area (Å²) in [5.74, 6) is 0.805. The minimum Gasteiger partial charge on any atom is -0.495 e. The lowest BCUT2D eigenvalue weighted by Gasteiger charge is -2.25. The Morgan fingerprint density at radius 2 is 1.65 bits per heavy atom. The third-order valence-electron chi connectivity index (χ3n) is 3.79. The molecule has 0 spiro atoms. The van der Waals surface area contributed by atoms with E-state index >= 15 is 0 Å². The summed E-state index contributed by atoms with van der Waals surface area (Å²) < 4.78 is 10.5. The number of halogens is 1. The first-order valence-electron chi connectivity index (χ1n) is 7.18. The smallest absolute Gasteiger partial charge is 0.234 e. The Hall–Kier alpha value is -2.20. The van der Waals surface area contributed by atoms with E-state index in [0.29, 0.717) is 22.2 Å². The number of nitrogens with one attached hydrogen (secondary N) is 1. The number of carbonyl (C=O) groups is 1. The average Bonchev–Trinajstić information content (AvgIpc) is 2.56. The van der Waals surface area contributed by atoms with Gasteiger partial charge in [-0.15, -0.1) is 0 Å². The lowest BCUT2D eigenvalue weighted by atomic mass is 9.83. The zero-order chi connectivity index (χ0) is 17.0. The zero-order valence-electron chi connectivity index (χ0n) is 13.6. The summed E-state index contributed by atoms with van der Waals surface area (Å²) in [6.07, 6.45) is 0. The number of carbonyl (C=O) groups excluding carboxylic acids is 1. The van der Waals surface area contributed by atoms with Gasteiger partial charge in [0.1, 0.15) is 11.5 Å². The fourth-order valence-corrected chi connectivity index (χ4v) is 2.45. The van der Waals surface area contributed by atoms with Crippen LogP contribution in [-0.2, 0) is 10.2 Å². The van der Waals surface area contributed by atoms with E-state index in [2.05, 4.69) is 5.32 Å². The Morgan fingerprint density at radius 3 is 2.22 bits per heavy atom. The summed E-state index contributed by atoms with van der Waals surface area (Å²) in [6, 6.07) is 12.9. The summed E-state index contributed by atoms with van der Waals surface area (Å²) in [5.41, 5.74) is 0.749. The molecule has 0 aliphatic carbocycles. The molecule has 5 heteroatoms. The van der Waals surface area contributed by atoms with Crippen LogP contribution in [0.1, 0.15) is 19.4 Å². The summed E-state index contributed by atoms with van der Waals surface area (Å²) in [7, 11) is 3.04. The lowest BCUT2D eigenvalue weighted by molar-refractivity contribution is -0.120. The van der Waals surface area contributed by atoms with Crippen LogP contribution in [0.25, 0.3) is 0 Å². The first-order valence-corrected chi connectivity index (χ1v) is 7.56. The first kappa shape index (κ1) is 17.2. The molecule has 0 aliphatic heterocycles.